The molecule has 2 rings (SSSR count). The van der Waals surface area contributed by atoms with E-state index in [9.17, 15) is 9.59 Å². The minimum absolute atomic E-state index is 0.297. The molecule has 0 aliphatic carbocycles. The van der Waals surface area contributed by atoms with Gasteiger partial charge in [0.25, 0.3) is 5.91 Å². The van der Waals surface area contributed by atoms with Crippen LogP contribution in [0.3, 0.4) is 0 Å². The summed E-state index contributed by atoms with van der Waals surface area (Å²) in [5.41, 5.74) is 0. The molecular formula is C11H11N3O3S. The van der Waals surface area contributed by atoms with E-state index in [4.69, 9.17) is 0 Å². The minimum atomic E-state index is -0.447. The summed E-state index contributed by atoms with van der Waals surface area (Å²) in [6, 6.07) is 4.83. The Labute approximate surface area is 107 Å². The number of aryl methyl sites for hydroxylation is 1. The van der Waals surface area contributed by atoms with Crippen LogP contribution in [0.1, 0.15) is 19.3 Å². The summed E-state index contributed by atoms with van der Waals surface area (Å²) in [6.45, 7) is 0. The Bertz CT molecular complexity index is 588. The fraction of sp³-hybridized carbons (Fsp3) is 0.182. The molecular weight excluding hydrogens is 254 g/mol. The van der Waals surface area contributed by atoms with Crippen molar-refractivity contribution in [1.29, 1.82) is 0 Å². The molecule has 0 saturated carbocycles. The first-order chi connectivity index (χ1) is 8.60. The Hall–Kier alpha value is -2.15. The zero-order valence-corrected chi connectivity index (χ0v) is 10.7. The van der Waals surface area contributed by atoms with E-state index in [-0.39, 0.29) is 5.91 Å². The van der Waals surface area contributed by atoms with E-state index in [2.05, 4.69) is 15.2 Å². The molecule has 6 nitrogen and oxygen atoms in total. The van der Waals surface area contributed by atoms with Crippen LogP contribution in [0.2, 0.25) is 0 Å². The molecule has 0 unspecified atom stereocenters. The quantitative estimate of drug-likeness (QED) is 0.854. The van der Waals surface area contributed by atoms with Gasteiger partial charge < -0.3 is 10.1 Å². The molecule has 0 fully saturated rings. The van der Waals surface area contributed by atoms with Gasteiger partial charge in [-0.3, -0.25) is 9.48 Å². The topological polar surface area (TPSA) is 73.2 Å². The van der Waals surface area contributed by atoms with Crippen LogP contribution in [0.15, 0.2) is 24.4 Å². The molecule has 0 aromatic carbocycles. The number of anilines is 1. The van der Waals surface area contributed by atoms with E-state index < -0.39 is 5.97 Å². The summed E-state index contributed by atoms with van der Waals surface area (Å²) in [5, 5.41) is 6.67. The molecule has 0 aliphatic rings. The van der Waals surface area contributed by atoms with Crippen LogP contribution in [0, 0.1) is 0 Å². The Kier molecular flexibility index (Phi) is 3.42. The highest BCUT2D eigenvalue weighted by molar-refractivity contribution is 7.16. The average Bonchev–Trinajstić information content (AvgIpc) is 2.97. The molecule has 0 atom stereocenters. The van der Waals surface area contributed by atoms with Crippen molar-refractivity contribution in [2.45, 2.75) is 0 Å². The van der Waals surface area contributed by atoms with Gasteiger partial charge in [0.1, 0.15) is 4.88 Å². The largest absolute Gasteiger partial charge is 0.465 e. The molecule has 1 amide bonds. The number of ether oxygens (including phenoxy) is 1. The number of hydrogen-bond acceptors (Lipinski definition) is 5. The normalized spacial score (nSPS) is 10.1. The third-order valence-electron chi connectivity index (χ3n) is 2.17. The van der Waals surface area contributed by atoms with Gasteiger partial charge in [0.15, 0.2) is 5.82 Å². The summed E-state index contributed by atoms with van der Waals surface area (Å²) < 4.78 is 6.16. The number of nitrogens with one attached hydrogen (secondary N) is 1. The lowest BCUT2D eigenvalue weighted by atomic mass is 10.4. The van der Waals surface area contributed by atoms with Crippen LogP contribution < -0.4 is 5.32 Å². The summed E-state index contributed by atoms with van der Waals surface area (Å²) in [7, 11) is 3.06. The van der Waals surface area contributed by atoms with Gasteiger partial charge in [0.2, 0.25) is 0 Å². The van der Waals surface area contributed by atoms with Crippen molar-refractivity contribution in [1.82, 2.24) is 9.78 Å². The van der Waals surface area contributed by atoms with E-state index >= 15 is 0 Å². The van der Waals surface area contributed by atoms with Crippen LogP contribution in [-0.4, -0.2) is 28.8 Å². The molecule has 0 aliphatic heterocycles. The Morgan fingerprint density at radius 1 is 1.33 bits per heavy atom. The molecule has 2 heterocycles. The highest BCUT2D eigenvalue weighted by Crippen LogP contribution is 2.18. The molecule has 2 aromatic rings. The van der Waals surface area contributed by atoms with E-state index in [0.717, 1.165) is 11.3 Å². The second-order valence-corrected chi connectivity index (χ2v) is 4.57. The van der Waals surface area contributed by atoms with Crippen molar-refractivity contribution in [3.8, 4) is 0 Å². The molecule has 0 saturated heterocycles. The number of carbonyl (C=O) groups is 2. The van der Waals surface area contributed by atoms with Gasteiger partial charge in [-0.15, -0.1) is 11.3 Å². The number of thiophene rings is 1. The number of esters is 1. The number of rotatable bonds is 3. The Morgan fingerprint density at radius 2 is 2.06 bits per heavy atom. The van der Waals surface area contributed by atoms with Crippen LogP contribution in [0.5, 0.6) is 0 Å². The maximum atomic E-state index is 11.8. The predicted molar refractivity (Wildman–Crippen MR) is 66.8 cm³/mol. The average molecular weight is 265 g/mol. The second kappa shape index (κ2) is 5.01. The summed E-state index contributed by atoms with van der Waals surface area (Å²) in [6.07, 6.45) is 1.73. The standard InChI is InChI=1S/C11H11N3O3S/c1-14-6-5-9(13-14)12-10(15)7-3-4-8(18-7)11(16)17-2/h3-6H,1-2H3,(H,12,13,15). The van der Waals surface area contributed by atoms with Gasteiger partial charge in [-0.2, -0.15) is 5.10 Å². The third kappa shape index (κ3) is 2.57. The van der Waals surface area contributed by atoms with E-state index in [1.165, 1.54) is 7.11 Å². The van der Waals surface area contributed by atoms with Crippen molar-refractivity contribution in [2.24, 2.45) is 7.05 Å². The fourth-order valence-electron chi connectivity index (χ4n) is 1.33. The lowest BCUT2D eigenvalue weighted by molar-refractivity contribution is 0.0606. The van der Waals surface area contributed by atoms with Crippen LogP contribution in [0.4, 0.5) is 5.82 Å². The summed E-state index contributed by atoms with van der Waals surface area (Å²) >= 11 is 1.08. The van der Waals surface area contributed by atoms with Gasteiger partial charge in [-0.1, -0.05) is 0 Å². The van der Waals surface area contributed by atoms with Gasteiger partial charge in [-0.25, -0.2) is 4.79 Å². The minimum Gasteiger partial charge on any atom is -0.465 e. The Morgan fingerprint density at radius 3 is 2.67 bits per heavy atom. The number of carbonyl (C=O) groups excluding carboxylic acids is 2. The third-order valence-corrected chi connectivity index (χ3v) is 3.24. The van der Waals surface area contributed by atoms with Crippen LogP contribution >= 0.6 is 11.3 Å². The predicted octanol–water partition coefficient (Wildman–Crippen LogP) is 1.52. The number of nitrogens with zero attached hydrogens (tertiary/aromatic N) is 2. The SMILES string of the molecule is COC(=O)c1ccc(C(=O)Nc2ccn(C)n2)s1. The van der Waals surface area contributed by atoms with Crippen molar-refractivity contribution < 1.29 is 14.3 Å². The molecule has 1 N–H and O–H groups in total. The van der Waals surface area contributed by atoms with Crippen molar-refractivity contribution >= 4 is 29.0 Å². The number of aromatic nitrogens is 2. The molecule has 0 bridgehead atoms. The first-order valence-corrected chi connectivity index (χ1v) is 5.91. The first kappa shape index (κ1) is 12.3. The van der Waals surface area contributed by atoms with Crippen LogP contribution in [0.25, 0.3) is 0 Å². The van der Waals surface area contributed by atoms with E-state index in [0.29, 0.717) is 15.6 Å². The zero-order chi connectivity index (χ0) is 13.1. The summed E-state index contributed by atoms with van der Waals surface area (Å²) in [5.74, 6) is -0.277. The number of hydrogen-bond donors (Lipinski definition) is 1. The highest BCUT2D eigenvalue weighted by atomic mass is 32.1. The Balaban J connectivity index is 2.09. The van der Waals surface area contributed by atoms with E-state index in [1.807, 2.05) is 0 Å². The molecule has 7 heteroatoms. The summed E-state index contributed by atoms with van der Waals surface area (Å²) in [4.78, 5) is 23.9. The second-order valence-electron chi connectivity index (χ2n) is 3.48. The first-order valence-electron chi connectivity index (χ1n) is 5.09. The van der Waals surface area contributed by atoms with Crippen LogP contribution in [-0.2, 0) is 11.8 Å². The fourth-order valence-corrected chi connectivity index (χ4v) is 2.15. The zero-order valence-electron chi connectivity index (χ0n) is 9.84. The van der Waals surface area contributed by atoms with Gasteiger partial charge in [0.05, 0.1) is 12.0 Å². The number of methoxy groups -OCH3 is 1. The molecule has 94 valence electrons. The molecule has 18 heavy (non-hydrogen) atoms. The monoisotopic (exact) mass is 265 g/mol. The van der Waals surface area contributed by atoms with Gasteiger partial charge in [-0.05, 0) is 12.1 Å². The van der Waals surface area contributed by atoms with Gasteiger partial charge >= 0.3 is 5.97 Å². The highest BCUT2D eigenvalue weighted by Gasteiger charge is 2.14. The van der Waals surface area contributed by atoms with E-state index in [1.54, 1.807) is 36.1 Å². The smallest absolute Gasteiger partial charge is 0.348 e. The lowest BCUT2D eigenvalue weighted by Crippen LogP contribution is -2.10. The molecule has 0 spiro atoms. The number of amides is 1. The lowest BCUT2D eigenvalue weighted by Gasteiger charge is -1.98. The van der Waals surface area contributed by atoms with Crippen molar-refractivity contribution in [2.75, 3.05) is 12.4 Å². The van der Waals surface area contributed by atoms with Crippen molar-refractivity contribution in [3.63, 3.8) is 0 Å². The molecule has 2 aromatic heterocycles. The maximum Gasteiger partial charge on any atom is 0.348 e. The molecule has 0 radical (unpaired) electrons. The maximum absolute atomic E-state index is 11.8. The van der Waals surface area contributed by atoms with Gasteiger partial charge in [0, 0.05) is 19.3 Å². The van der Waals surface area contributed by atoms with Crippen molar-refractivity contribution in [3.05, 3.63) is 34.2 Å².